The fraction of sp³-hybridized carbons (Fsp3) is 0.600. The van der Waals surface area contributed by atoms with E-state index < -0.39 is 0 Å². The van der Waals surface area contributed by atoms with Crippen LogP contribution < -0.4 is 5.32 Å². The molecule has 0 saturated carbocycles. The predicted octanol–water partition coefficient (Wildman–Crippen LogP) is 2.40. The Morgan fingerprint density at radius 1 is 1.06 bits per heavy atom. The molecule has 1 aromatic carbocycles. The quantitative estimate of drug-likeness (QED) is 0.760. The van der Waals surface area contributed by atoms with Crippen molar-refractivity contribution in [3.05, 3.63) is 35.4 Å². The van der Waals surface area contributed by atoms with E-state index in [2.05, 4.69) is 50.4 Å². The molecule has 0 heterocycles. The van der Waals surface area contributed by atoms with Crippen LogP contribution >= 0.6 is 0 Å². The van der Waals surface area contributed by atoms with Gasteiger partial charge in [-0.1, -0.05) is 45.0 Å². The Hall–Kier alpha value is -0.860. The number of nitrogens with one attached hydrogen (secondary N) is 1. The van der Waals surface area contributed by atoms with Crippen LogP contribution in [0.25, 0.3) is 0 Å². The number of hydrogen-bond donors (Lipinski definition) is 2. The van der Waals surface area contributed by atoms with Gasteiger partial charge in [0.25, 0.3) is 0 Å². The first-order valence-electron chi connectivity index (χ1n) is 6.58. The lowest BCUT2D eigenvalue weighted by atomic mass is 10.0. The van der Waals surface area contributed by atoms with Crippen LogP contribution in [0, 0.1) is 5.92 Å². The highest BCUT2D eigenvalue weighted by atomic mass is 16.3. The molecule has 1 atom stereocenters. The molecule has 2 nitrogen and oxygen atoms in total. The van der Waals surface area contributed by atoms with Gasteiger partial charge < -0.3 is 10.4 Å². The molecule has 0 bridgehead atoms. The second-order valence-electron chi connectivity index (χ2n) is 5.08. The molecule has 1 aromatic rings. The first-order chi connectivity index (χ1) is 8.11. The summed E-state index contributed by atoms with van der Waals surface area (Å²) in [7, 11) is 0. The van der Waals surface area contributed by atoms with Gasteiger partial charge in [-0.3, -0.25) is 0 Å². The van der Waals surface area contributed by atoms with Crippen molar-refractivity contribution in [2.45, 2.75) is 39.7 Å². The molecule has 0 saturated heterocycles. The molecule has 0 radical (unpaired) electrons. The number of aryl methyl sites for hydroxylation is 1. The van der Waals surface area contributed by atoms with Gasteiger partial charge in [0.15, 0.2) is 0 Å². The van der Waals surface area contributed by atoms with Gasteiger partial charge >= 0.3 is 0 Å². The van der Waals surface area contributed by atoms with Crippen molar-refractivity contribution in [2.24, 2.45) is 5.92 Å². The second-order valence-corrected chi connectivity index (χ2v) is 5.08. The number of aliphatic hydroxyl groups excluding tert-OH is 1. The number of hydrogen-bond acceptors (Lipinski definition) is 2. The molecule has 0 aliphatic carbocycles. The van der Waals surface area contributed by atoms with Crippen LogP contribution in [-0.2, 0) is 12.8 Å². The molecule has 0 aromatic heterocycles. The van der Waals surface area contributed by atoms with Crippen LogP contribution in [0.3, 0.4) is 0 Å². The summed E-state index contributed by atoms with van der Waals surface area (Å²) < 4.78 is 0. The first-order valence-corrected chi connectivity index (χ1v) is 6.58. The zero-order chi connectivity index (χ0) is 12.7. The van der Waals surface area contributed by atoms with Gasteiger partial charge in [0.05, 0.1) is 6.10 Å². The van der Waals surface area contributed by atoms with Crippen molar-refractivity contribution in [1.29, 1.82) is 0 Å². The smallest absolute Gasteiger partial charge is 0.0704 e. The van der Waals surface area contributed by atoms with E-state index in [1.807, 2.05) is 0 Å². The molecule has 0 amide bonds. The minimum Gasteiger partial charge on any atom is -0.391 e. The van der Waals surface area contributed by atoms with E-state index in [-0.39, 0.29) is 6.10 Å². The summed E-state index contributed by atoms with van der Waals surface area (Å²) in [5, 5.41) is 13.2. The lowest BCUT2D eigenvalue weighted by Gasteiger charge is -2.13. The summed E-state index contributed by atoms with van der Waals surface area (Å²) in [4.78, 5) is 0. The summed E-state index contributed by atoms with van der Waals surface area (Å²) in [5.41, 5.74) is 2.56. The van der Waals surface area contributed by atoms with Crippen molar-refractivity contribution in [3.8, 4) is 0 Å². The maximum atomic E-state index is 9.88. The standard InChI is InChI=1S/C15H25NO/c1-4-13-5-7-14(8-6-13)9-15(17)11-16-10-12(2)3/h5-8,12,15-17H,4,9-11H2,1-3H3. The highest BCUT2D eigenvalue weighted by Gasteiger charge is 2.05. The number of aliphatic hydroxyl groups is 1. The van der Waals surface area contributed by atoms with Crippen molar-refractivity contribution in [1.82, 2.24) is 5.32 Å². The molecule has 1 rings (SSSR count). The van der Waals surface area contributed by atoms with Gasteiger partial charge in [-0.2, -0.15) is 0 Å². The summed E-state index contributed by atoms with van der Waals surface area (Å²) in [6, 6.07) is 8.52. The molecule has 1 unspecified atom stereocenters. The Morgan fingerprint density at radius 2 is 1.65 bits per heavy atom. The Kier molecular flexibility index (Phi) is 6.23. The van der Waals surface area contributed by atoms with Crippen LogP contribution in [0.4, 0.5) is 0 Å². The highest BCUT2D eigenvalue weighted by molar-refractivity contribution is 5.22. The molecule has 2 heteroatoms. The van der Waals surface area contributed by atoms with E-state index in [1.165, 1.54) is 11.1 Å². The van der Waals surface area contributed by atoms with Crippen LogP contribution in [0.2, 0.25) is 0 Å². The Bertz CT molecular complexity index is 305. The van der Waals surface area contributed by atoms with Crippen LogP contribution in [-0.4, -0.2) is 24.3 Å². The number of benzene rings is 1. The van der Waals surface area contributed by atoms with Crippen LogP contribution in [0.15, 0.2) is 24.3 Å². The van der Waals surface area contributed by atoms with E-state index in [0.29, 0.717) is 12.5 Å². The summed E-state index contributed by atoms with van der Waals surface area (Å²) in [5.74, 6) is 0.631. The van der Waals surface area contributed by atoms with Gasteiger partial charge in [0.1, 0.15) is 0 Å². The minimum absolute atomic E-state index is 0.291. The Balaban J connectivity index is 2.31. The van der Waals surface area contributed by atoms with Gasteiger partial charge in [0.2, 0.25) is 0 Å². The summed E-state index contributed by atoms with van der Waals surface area (Å²) in [6.45, 7) is 8.13. The van der Waals surface area contributed by atoms with Crippen LogP contribution in [0.1, 0.15) is 31.9 Å². The van der Waals surface area contributed by atoms with Crippen LogP contribution in [0.5, 0.6) is 0 Å². The molecule has 17 heavy (non-hydrogen) atoms. The zero-order valence-corrected chi connectivity index (χ0v) is 11.2. The lowest BCUT2D eigenvalue weighted by Crippen LogP contribution is -2.30. The van der Waals surface area contributed by atoms with Crippen molar-refractivity contribution in [3.63, 3.8) is 0 Å². The summed E-state index contributed by atoms with van der Waals surface area (Å²) in [6.07, 6.45) is 1.51. The van der Waals surface area contributed by atoms with Gasteiger partial charge in [0, 0.05) is 6.54 Å². The maximum absolute atomic E-state index is 9.88. The fourth-order valence-electron chi connectivity index (χ4n) is 1.79. The normalized spacial score (nSPS) is 13.0. The zero-order valence-electron chi connectivity index (χ0n) is 11.2. The van der Waals surface area contributed by atoms with E-state index in [0.717, 1.165) is 19.4 Å². The third-order valence-electron chi connectivity index (χ3n) is 2.84. The van der Waals surface area contributed by atoms with Crippen molar-refractivity contribution >= 4 is 0 Å². The second kappa shape index (κ2) is 7.46. The average molecular weight is 235 g/mol. The molecule has 0 fully saturated rings. The van der Waals surface area contributed by atoms with Gasteiger partial charge in [-0.05, 0) is 36.4 Å². The molecule has 96 valence electrons. The first kappa shape index (κ1) is 14.2. The SMILES string of the molecule is CCc1ccc(CC(O)CNCC(C)C)cc1. The lowest BCUT2D eigenvalue weighted by molar-refractivity contribution is 0.170. The maximum Gasteiger partial charge on any atom is 0.0704 e. The molecule has 0 spiro atoms. The van der Waals surface area contributed by atoms with Crippen molar-refractivity contribution < 1.29 is 5.11 Å². The van der Waals surface area contributed by atoms with E-state index in [1.54, 1.807) is 0 Å². The average Bonchev–Trinajstić information content (AvgIpc) is 2.29. The third kappa shape index (κ3) is 5.85. The Morgan fingerprint density at radius 3 is 2.18 bits per heavy atom. The van der Waals surface area contributed by atoms with E-state index in [9.17, 15) is 5.11 Å². The number of rotatable bonds is 7. The van der Waals surface area contributed by atoms with Gasteiger partial charge in [-0.25, -0.2) is 0 Å². The van der Waals surface area contributed by atoms with Crippen molar-refractivity contribution in [2.75, 3.05) is 13.1 Å². The molecule has 2 N–H and O–H groups in total. The summed E-state index contributed by atoms with van der Waals surface area (Å²) >= 11 is 0. The predicted molar refractivity (Wildman–Crippen MR) is 73.2 cm³/mol. The highest BCUT2D eigenvalue weighted by Crippen LogP contribution is 2.07. The van der Waals surface area contributed by atoms with E-state index >= 15 is 0 Å². The fourth-order valence-corrected chi connectivity index (χ4v) is 1.79. The molecule has 0 aliphatic rings. The minimum atomic E-state index is -0.291. The molecular weight excluding hydrogens is 210 g/mol. The Labute approximate surface area is 105 Å². The largest absolute Gasteiger partial charge is 0.391 e. The molecular formula is C15H25NO. The molecule has 0 aliphatic heterocycles. The van der Waals surface area contributed by atoms with Gasteiger partial charge in [-0.15, -0.1) is 0 Å². The topological polar surface area (TPSA) is 32.3 Å². The monoisotopic (exact) mass is 235 g/mol. The third-order valence-corrected chi connectivity index (χ3v) is 2.84. The van der Waals surface area contributed by atoms with E-state index in [4.69, 9.17) is 0 Å².